The highest BCUT2D eigenvalue weighted by atomic mass is 32.2. The number of benzene rings is 2. The fourth-order valence-corrected chi connectivity index (χ4v) is 6.94. The molecule has 0 bridgehead atoms. The number of esters is 1. The summed E-state index contributed by atoms with van der Waals surface area (Å²) in [5, 5.41) is 0. The van der Waals surface area contributed by atoms with Gasteiger partial charge in [0, 0.05) is 20.2 Å². The normalized spacial score (nSPS) is 17.1. The summed E-state index contributed by atoms with van der Waals surface area (Å²) >= 11 is 1.26. The predicted octanol–water partition coefficient (Wildman–Crippen LogP) is 3.11. The molecule has 11 heteroatoms. The molecule has 1 aromatic heterocycles. The highest BCUT2D eigenvalue weighted by Gasteiger charge is 2.39. The molecule has 192 valence electrons. The average Bonchev–Trinajstić information content (AvgIpc) is 3.48. The van der Waals surface area contributed by atoms with Crippen molar-refractivity contribution < 1.29 is 27.5 Å². The lowest BCUT2D eigenvalue weighted by Gasteiger charge is -2.21. The lowest BCUT2D eigenvalue weighted by Crippen LogP contribution is -2.40. The summed E-state index contributed by atoms with van der Waals surface area (Å²) in [4.78, 5) is 30.5. The number of fused-ring (bicyclic) bond motifs is 1. The van der Waals surface area contributed by atoms with Crippen molar-refractivity contribution >= 4 is 43.5 Å². The predicted molar refractivity (Wildman–Crippen MR) is 136 cm³/mol. The first-order valence-electron chi connectivity index (χ1n) is 11.7. The minimum absolute atomic E-state index is 0.163. The molecule has 1 saturated heterocycles. The Bertz CT molecular complexity index is 1440. The average molecular weight is 532 g/mol. The summed E-state index contributed by atoms with van der Waals surface area (Å²) in [6.07, 6.45) is 0.986. The molecule has 9 nitrogen and oxygen atoms in total. The van der Waals surface area contributed by atoms with Gasteiger partial charge < -0.3 is 14.0 Å². The maximum absolute atomic E-state index is 13.3. The van der Waals surface area contributed by atoms with E-state index in [1.165, 1.54) is 15.6 Å². The summed E-state index contributed by atoms with van der Waals surface area (Å²) < 4.78 is 40.8. The molecule has 2 heterocycles. The van der Waals surface area contributed by atoms with Gasteiger partial charge in [0.25, 0.3) is 5.91 Å². The number of carbonyl (C=O) groups excluding carboxylic acids is 2. The molecule has 0 spiro atoms. The zero-order valence-corrected chi connectivity index (χ0v) is 22.1. The maximum Gasteiger partial charge on any atom is 0.338 e. The molecule has 3 aromatic rings. The number of sulfonamides is 1. The van der Waals surface area contributed by atoms with Crippen molar-refractivity contribution in [3.63, 3.8) is 0 Å². The van der Waals surface area contributed by atoms with Crippen molar-refractivity contribution in [2.45, 2.75) is 44.2 Å². The van der Waals surface area contributed by atoms with E-state index in [0.29, 0.717) is 36.4 Å². The van der Waals surface area contributed by atoms with Crippen LogP contribution >= 0.6 is 11.3 Å². The first-order valence-corrected chi connectivity index (χ1v) is 14.0. The van der Waals surface area contributed by atoms with Gasteiger partial charge in [0.15, 0.2) is 4.80 Å². The van der Waals surface area contributed by atoms with Crippen LogP contribution in [0.15, 0.2) is 52.4 Å². The molecule has 4 rings (SSSR count). The first kappa shape index (κ1) is 26.2. The second-order valence-corrected chi connectivity index (χ2v) is 11.4. The number of aryl methyl sites for hydroxylation is 1. The number of ether oxygens (including phenoxy) is 2. The van der Waals surface area contributed by atoms with E-state index < -0.39 is 27.9 Å². The van der Waals surface area contributed by atoms with E-state index in [4.69, 9.17) is 9.47 Å². The third-order valence-corrected chi connectivity index (χ3v) is 9.00. The monoisotopic (exact) mass is 531 g/mol. The van der Waals surface area contributed by atoms with E-state index >= 15 is 0 Å². The Kier molecular flexibility index (Phi) is 8.04. The zero-order chi connectivity index (χ0) is 25.9. The lowest BCUT2D eigenvalue weighted by atomic mass is 10.2. The third kappa shape index (κ3) is 5.29. The van der Waals surface area contributed by atoms with Gasteiger partial charge in [0.05, 0.1) is 33.9 Å². The van der Waals surface area contributed by atoms with E-state index in [1.54, 1.807) is 56.5 Å². The van der Waals surface area contributed by atoms with Crippen LogP contribution in [-0.2, 0) is 30.8 Å². The standard InChI is InChI=1S/C25H29N3O6S2/c1-4-34-24(30)18-9-12-20-22(16-18)35-25(27(20)14-15-33-3)26-23(29)21-6-5-13-28(21)36(31,32)19-10-7-17(2)8-11-19/h7-12,16,21H,4-6,13-15H2,1-3H3. The molecule has 0 N–H and O–H groups in total. The fraction of sp³-hybridized carbons (Fsp3) is 0.400. The second-order valence-electron chi connectivity index (χ2n) is 8.47. The molecule has 1 atom stereocenters. The topological polar surface area (TPSA) is 107 Å². The van der Waals surface area contributed by atoms with Gasteiger partial charge in [0.1, 0.15) is 6.04 Å². The second kappa shape index (κ2) is 11.0. The molecule has 2 aromatic carbocycles. The molecule has 1 amide bonds. The van der Waals surface area contributed by atoms with Crippen molar-refractivity contribution in [1.29, 1.82) is 0 Å². The number of rotatable bonds is 8. The van der Waals surface area contributed by atoms with E-state index in [9.17, 15) is 18.0 Å². The molecular weight excluding hydrogens is 502 g/mol. The Morgan fingerprint density at radius 3 is 2.61 bits per heavy atom. The van der Waals surface area contributed by atoms with Crippen molar-refractivity contribution in [3.8, 4) is 0 Å². The summed E-state index contributed by atoms with van der Waals surface area (Å²) in [6, 6.07) is 10.9. The Hall–Kier alpha value is -2.86. The van der Waals surface area contributed by atoms with E-state index in [1.807, 2.05) is 11.5 Å². The summed E-state index contributed by atoms with van der Waals surface area (Å²) in [5.41, 5.74) is 2.16. The summed E-state index contributed by atoms with van der Waals surface area (Å²) in [5.74, 6) is -0.930. The number of aromatic nitrogens is 1. The number of hydrogen-bond donors (Lipinski definition) is 0. The van der Waals surface area contributed by atoms with Crippen LogP contribution in [0.3, 0.4) is 0 Å². The third-order valence-electron chi connectivity index (χ3n) is 6.04. The Morgan fingerprint density at radius 1 is 1.17 bits per heavy atom. The van der Waals surface area contributed by atoms with Crippen LogP contribution in [0.4, 0.5) is 0 Å². The van der Waals surface area contributed by atoms with Crippen molar-refractivity contribution in [3.05, 3.63) is 58.4 Å². The molecule has 36 heavy (non-hydrogen) atoms. The quantitative estimate of drug-likeness (QED) is 0.414. The van der Waals surface area contributed by atoms with Crippen LogP contribution < -0.4 is 4.80 Å². The number of hydrogen-bond acceptors (Lipinski definition) is 7. The number of carbonyl (C=O) groups is 2. The molecule has 1 fully saturated rings. The Morgan fingerprint density at radius 2 is 1.92 bits per heavy atom. The molecule has 1 aliphatic heterocycles. The minimum atomic E-state index is -3.83. The van der Waals surface area contributed by atoms with Gasteiger partial charge in [0.2, 0.25) is 10.0 Å². The van der Waals surface area contributed by atoms with Gasteiger partial charge in [-0.05, 0) is 57.0 Å². The minimum Gasteiger partial charge on any atom is -0.462 e. The van der Waals surface area contributed by atoms with Crippen LogP contribution in [0.5, 0.6) is 0 Å². The molecule has 0 aliphatic carbocycles. The van der Waals surface area contributed by atoms with Crippen LogP contribution in [0.2, 0.25) is 0 Å². The van der Waals surface area contributed by atoms with Gasteiger partial charge in [-0.15, -0.1) is 0 Å². The van der Waals surface area contributed by atoms with E-state index in [2.05, 4.69) is 4.99 Å². The smallest absolute Gasteiger partial charge is 0.338 e. The number of thiazole rings is 1. The molecule has 1 aliphatic rings. The van der Waals surface area contributed by atoms with Crippen LogP contribution in [0, 0.1) is 6.92 Å². The van der Waals surface area contributed by atoms with Crippen LogP contribution in [0.25, 0.3) is 10.2 Å². The van der Waals surface area contributed by atoms with E-state index in [0.717, 1.165) is 15.8 Å². The number of methoxy groups -OCH3 is 1. The van der Waals surface area contributed by atoms with Crippen molar-refractivity contribution in [2.24, 2.45) is 4.99 Å². The van der Waals surface area contributed by atoms with Gasteiger partial charge >= 0.3 is 5.97 Å². The Labute approximate surface area is 214 Å². The zero-order valence-electron chi connectivity index (χ0n) is 20.5. The SMILES string of the molecule is CCOC(=O)c1ccc2c(c1)sc(=NC(=O)C1CCCN1S(=O)(=O)c1ccc(C)cc1)n2CCOC. The highest BCUT2D eigenvalue weighted by molar-refractivity contribution is 7.89. The molecule has 0 saturated carbocycles. The van der Waals surface area contributed by atoms with Crippen LogP contribution in [0.1, 0.15) is 35.7 Å². The van der Waals surface area contributed by atoms with Gasteiger partial charge in [-0.1, -0.05) is 29.0 Å². The number of amides is 1. The summed E-state index contributed by atoms with van der Waals surface area (Å²) in [6.45, 7) is 5.00. The molecular formula is C25H29N3O6S2. The van der Waals surface area contributed by atoms with Gasteiger partial charge in [-0.2, -0.15) is 9.30 Å². The number of nitrogens with zero attached hydrogens (tertiary/aromatic N) is 3. The maximum atomic E-state index is 13.3. The first-order chi connectivity index (χ1) is 17.3. The lowest BCUT2D eigenvalue weighted by molar-refractivity contribution is -0.121. The van der Waals surface area contributed by atoms with Crippen molar-refractivity contribution in [2.75, 3.05) is 26.9 Å². The Balaban J connectivity index is 1.71. The summed E-state index contributed by atoms with van der Waals surface area (Å²) in [7, 11) is -2.25. The highest BCUT2D eigenvalue weighted by Crippen LogP contribution is 2.27. The largest absolute Gasteiger partial charge is 0.462 e. The van der Waals surface area contributed by atoms with Crippen LogP contribution in [-0.4, -0.2) is 62.1 Å². The van der Waals surface area contributed by atoms with Gasteiger partial charge in [-0.25, -0.2) is 13.2 Å². The van der Waals surface area contributed by atoms with Crippen molar-refractivity contribution in [1.82, 2.24) is 8.87 Å². The molecule has 1 unspecified atom stereocenters. The van der Waals surface area contributed by atoms with E-state index in [-0.39, 0.29) is 18.0 Å². The fourth-order valence-electron chi connectivity index (χ4n) is 4.19. The van der Waals surface area contributed by atoms with Gasteiger partial charge in [-0.3, -0.25) is 4.79 Å². The molecule has 0 radical (unpaired) electrons.